The number of aromatic nitrogens is 1. The molecule has 1 unspecified atom stereocenters. The number of aromatic amines is 1. The maximum absolute atomic E-state index is 12.8. The largest absolute Gasteiger partial charge is 0.497 e. The zero-order valence-electron chi connectivity index (χ0n) is 15.9. The number of amides is 1. The van der Waals surface area contributed by atoms with Gasteiger partial charge in [-0.3, -0.25) is 9.59 Å². The van der Waals surface area contributed by atoms with E-state index in [0.717, 1.165) is 28.6 Å². The first-order valence-electron chi connectivity index (χ1n) is 9.34. The van der Waals surface area contributed by atoms with Crippen LogP contribution in [0.3, 0.4) is 0 Å². The van der Waals surface area contributed by atoms with Crippen molar-refractivity contribution in [3.05, 3.63) is 81.7 Å². The number of methoxy groups -OCH3 is 1. The molecule has 3 aromatic rings. The Morgan fingerprint density at radius 3 is 2.86 bits per heavy atom. The molecule has 1 amide bonds. The van der Waals surface area contributed by atoms with E-state index in [9.17, 15) is 9.59 Å². The van der Waals surface area contributed by atoms with Crippen molar-refractivity contribution in [3.8, 4) is 5.75 Å². The number of nitrogens with one attached hydrogen (secondary N) is 1. The molecule has 1 atom stereocenters. The van der Waals surface area contributed by atoms with E-state index in [0.29, 0.717) is 12.1 Å². The molecule has 142 valence electrons. The number of hydrogen-bond donors (Lipinski definition) is 1. The molecule has 0 spiro atoms. The lowest BCUT2D eigenvalue weighted by Gasteiger charge is -2.34. The molecule has 2 heterocycles. The fourth-order valence-corrected chi connectivity index (χ4v) is 3.76. The molecule has 0 aliphatic carbocycles. The number of rotatable bonds is 3. The summed E-state index contributed by atoms with van der Waals surface area (Å²) in [6.07, 6.45) is 3.89. The highest BCUT2D eigenvalue weighted by molar-refractivity contribution is 5.93. The van der Waals surface area contributed by atoms with E-state index in [1.54, 1.807) is 19.3 Å². The molecule has 0 radical (unpaired) electrons. The number of fused-ring (bicyclic) bond motifs is 2. The number of H-pyrrole nitrogens is 1. The molecular formula is C23H22N2O3. The molecule has 28 heavy (non-hydrogen) atoms. The summed E-state index contributed by atoms with van der Waals surface area (Å²) in [7, 11) is 1.64. The van der Waals surface area contributed by atoms with E-state index in [-0.39, 0.29) is 17.5 Å². The minimum atomic E-state index is -0.204. The number of carbonyl (C=O) groups excluding carboxylic acids is 1. The van der Waals surface area contributed by atoms with Gasteiger partial charge in [-0.25, -0.2) is 0 Å². The van der Waals surface area contributed by atoms with Crippen LogP contribution in [0.15, 0.2) is 59.4 Å². The first kappa shape index (κ1) is 18.0. The lowest BCUT2D eigenvalue weighted by molar-refractivity contribution is -0.128. The van der Waals surface area contributed by atoms with Crippen molar-refractivity contribution in [1.82, 2.24) is 9.88 Å². The number of nitrogens with zero attached hydrogens (tertiary/aromatic N) is 1. The zero-order valence-corrected chi connectivity index (χ0v) is 15.9. The van der Waals surface area contributed by atoms with Crippen LogP contribution in [-0.4, -0.2) is 29.4 Å². The lowest BCUT2D eigenvalue weighted by Crippen LogP contribution is -2.37. The fraction of sp³-hybridized carbons (Fsp3) is 0.217. The maximum atomic E-state index is 12.8. The summed E-state index contributed by atoms with van der Waals surface area (Å²) in [6, 6.07) is 15.4. The van der Waals surface area contributed by atoms with Crippen molar-refractivity contribution in [1.29, 1.82) is 0 Å². The van der Waals surface area contributed by atoms with Crippen molar-refractivity contribution >= 4 is 22.9 Å². The molecule has 1 N–H and O–H groups in total. The minimum absolute atomic E-state index is 0.0501. The Balaban J connectivity index is 1.58. The van der Waals surface area contributed by atoms with E-state index in [4.69, 9.17) is 4.74 Å². The predicted molar refractivity (Wildman–Crippen MR) is 110 cm³/mol. The minimum Gasteiger partial charge on any atom is -0.497 e. The molecular weight excluding hydrogens is 352 g/mol. The van der Waals surface area contributed by atoms with Crippen LogP contribution >= 0.6 is 0 Å². The maximum Gasteiger partial charge on any atom is 0.255 e. The average molecular weight is 374 g/mol. The number of hydrogen-bond acceptors (Lipinski definition) is 3. The van der Waals surface area contributed by atoms with Gasteiger partial charge in [-0.1, -0.05) is 24.3 Å². The number of benzene rings is 2. The van der Waals surface area contributed by atoms with Crippen LogP contribution in [0.2, 0.25) is 0 Å². The predicted octanol–water partition coefficient (Wildman–Crippen LogP) is 3.70. The molecule has 0 saturated heterocycles. The Bertz CT molecular complexity index is 1130. The van der Waals surface area contributed by atoms with Crippen LogP contribution in [0.5, 0.6) is 5.75 Å². The van der Waals surface area contributed by atoms with Gasteiger partial charge in [0.25, 0.3) is 5.56 Å². The van der Waals surface area contributed by atoms with Gasteiger partial charge in [-0.05, 0) is 60.2 Å². The van der Waals surface area contributed by atoms with Gasteiger partial charge in [0.15, 0.2) is 0 Å². The Morgan fingerprint density at radius 2 is 2.04 bits per heavy atom. The van der Waals surface area contributed by atoms with Crippen LogP contribution in [0.1, 0.15) is 29.7 Å². The summed E-state index contributed by atoms with van der Waals surface area (Å²) in [5.74, 6) is 0.687. The molecule has 1 aromatic heterocycles. The van der Waals surface area contributed by atoms with Gasteiger partial charge in [-0.15, -0.1) is 0 Å². The van der Waals surface area contributed by atoms with E-state index in [1.165, 1.54) is 11.6 Å². The summed E-state index contributed by atoms with van der Waals surface area (Å²) in [5, 5.41) is 0.932. The van der Waals surface area contributed by atoms with Crippen LogP contribution in [0, 0.1) is 0 Å². The van der Waals surface area contributed by atoms with E-state index < -0.39 is 0 Å². The van der Waals surface area contributed by atoms with Crippen LogP contribution in [0.25, 0.3) is 17.0 Å². The van der Waals surface area contributed by atoms with Crippen LogP contribution in [-0.2, 0) is 11.2 Å². The summed E-state index contributed by atoms with van der Waals surface area (Å²) < 4.78 is 5.32. The van der Waals surface area contributed by atoms with Gasteiger partial charge in [0, 0.05) is 23.7 Å². The smallest absolute Gasteiger partial charge is 0.255 e. The fourth-order valence-electron chi connectivity index (χ4n) is 3.76. The topological polar surface area (TPSA) is 62.4 Å². The Morgan fingerprint density at radius 1 is 1.21 bits per heavy atom. The standard InChI is InChI=1S/C23H22N2O3/c1-15-20-14-19(28-2)9-7-16(20)11-12-25(15)22(26)10-8-18-13-17-5-3-4-6-21(17)24-23(18)27/h3-10,13-15H,11-12H2,1-2H3,(H,24,27)/b10-8+. The highest BCUT2D eigenvalue weighted by Crippen LogP contribution is 2.32. The molecule has 0 saturated carbocycles. The Hall–Kier alpha value is -3.34. The lowest BCUT2D eigenvalue weighted by atomic mass is 9.93. The Kier molecular flexibility index (Phi) is 4.74. The number of pyridine rings is 1. The SMILES string of the molecule is COc1ccc2c(c1)C(C)N(C(=O)/C=C/c1cc3ccccc3[nH]c1=O)CC2. The number of ether oxygens (including phenoxy) is 1. The summed E-state index contributed by atoms with van der Waals surface area (Å²) >= 11 is 0. The summed E-state index contributed by atoms with van der Waals surface area (Å²) in [5.41, 5.74) is 3.40. The number of carbonyl (C=O) groups is 1. The van der Waals surface area contributed by atoms with E-state index >= 15 is 0 Å². The molecule has 4 rings (SSSR count). The molecule has 0 fully saturated rings. The summed E-state index contributed by atoms with van der Waals surface area (Å²) in [4.78, 5) is 29.8. The van der Waals surface area contributed by atoms with Crippen LogP contribution in [0.4, 0.5) is 0 Å². The van der Waals surface area contributed by atoms with Crippen molar-refractivity contribution in [2.75, 3.05) is 13.7 Å². The quantitative estimate of drug-likeness (QED) is 0.711. The highest BCUT2D eigenvalue weighted by Gasteiger charge is 2.26. The second kappa shape index (κ2) is 7.35. The van der Waals surface area contributed by atoms with Crippen molar-refractivity contribution < 1.29 is 9.53 Å². The third-order valence-corrected chi connectivity index (χ3v) is 5.36. The highest BCUT2D eigenvalue weighted by atomic mass is 16.5. The van der Waals surface area contributed by atoms with Gasteiger partial charge in [0.1, 0.15) is 5.75 Å². The van der Waals surface area contributed by atoms with Crippen molar-refractivity contribution in [2.45, 2.75) is 19.4 Å². The van der Waals surface area contributed by atoms with E-state index in [1.807, 2.05) is 48.2 Å². The molecule has 0 bridgehead atoms. The van der Waals surface area contributed by atoms with Gasteiger partial charge in [0.05, 0.1) is 13.2 Å². The first-order valence-corrected chi connectivity index (χ1v) is 9.34. The van der Waals surface area contributed by atoms with E-state index in [2.05, 4.69) is 11.1 Å². The molecule has 1 aliphatic heterocycles. The summed E-state index contributed by atoms with van der Waals surface area (Å²) in [6.45, 7) is 2.67. The molecule has 5 nitrogen and oxygen atoms in total. The van der Waals surface area contributed by atoms with Crippen molar-refractivity contribution in [3.63, 3.8) is 0 Å². The monoisotopic (exact) mass is 374 g/mol. The van der Waals surface area contributed by atoms with Crippen molar-refractivity contribution in [2.24, 2.45) is 0 Å². The van der Waals surface area contributed by atoms with Gasteiger partial charge in [0.2, 0.25) is 5.91 Å². The molecule has 2 aromatic carbocycles. The average Bonchev–Trinajstić information content (AvgIpc) is 2.72. The van der Waals surface area contributed by atoms with Gasteiger partial charge >= 0.3 is 0 Å². The van der Waals surface area contributed by atoms with Crippen LogP contribution < -0.4 is 10.3 Å². The van der Waals surface area contributed by atoms with Gasteiger partial charge < -0.3 is 14.6 Å². The normalized spacial score (nSPS) is 16.4. The zero-order chi connectivity index (χ0) is 19.7. The third-order valence-electron chi connectivity index (χ3n) is 5.36. The Labute approximate surface area is 163 Å². The second-order valence-electron chi connectivity index (χ2n) is 7.00. The third kappa shape index (κ3) is 3.31. The number of para-hydroxylation sites is 1. The first-order chi connectivity index (χ1) is 13.6. The molecule has 1 aliphatic rings. The molecule has 5 heteroatoms. The second-order valence-corrected chi connectivity index (χ2v) is 7.00. The van der Waals surface area contributed by atoms with Gasteiger partial charge in [-0.2, -0.15) is 0 Å².